The molecule has 1 aromatic rings. The van der Waals surface area contributed by atoms with Gasteiger partial charge in [0.2, 0.25) is 10.0 Å². The molecule has 0 aliphatic rings. The van der Waals surface area contributed by atoms with Gasteiger partial charge in [0, 0.05) is 34.2 Å². The summed E-state index contributed by atoms with van der Waals surface area (Å²) in [5, 5.41) is 3.32. The summed E-state index contributed by atoms with van der Waals surface area (Å²) >= 11 is 0. The maximum absolute atomic E-state index is 12.3. The van der Waals surface area contributed by atoms with Crippen LogP contribution in [-0.4, -0.2) is 53.5 Å². The Morgan fingerprint density at radius 1 is 1.10 bits per heavy atom. The minimum absolute atomic E-state index is 0.350. The highest BCUT2D eigenvalue weighted by atomic mass is 32.2. The second kappa shape index (κ2) is 7.61. The van der Waals surface area contributed by atoms with Crippen molar-refractivity contribution in [2.45, 2.75) is 18.2 Å². The zero-order chi connectivity index (χ0) is 15.2. The molecule has 0 atom stereocenters. The molecule has 0 fully saturated rings. The van der Waals surface area contributed by atoms with Crippen molar-refractivity contribution in [2.75, 3.05) is 45.7 Å². The first-order valence-corrected chi connectivity index (χ1v) is 8.28. The second-order valence-electron chi connectivity index (χ2n) is 4.93. The highest BCUT2D eigenvalue weighted by Gasteiger charge is 2.22. The first-order chi connectivity index (χ1) is 9.41. The summed E-state index contributed by atoms with van der Waals surface area (Å²) in [5.74, 6) is 0. The molecule has 0 heterocycles. The minimum Gasteiger partial charge on any atom is -0.372 e. The van der Waals surface area contributed by atoms with Crippen LogP contribution in [0.2, 0.25) is 0 Å². The first-order valence-electron chi connectivity index (χ1n) is 6.84. The fourth-order valence-electron chi connectivity index (χ4n) is 1.86. The Morgan fingerprint density at radius 3 is 2.35 bits per heavy atom. The lowest BCUT2D eigenvalue weighted by molar-refractivity contribution is 0.520. The van der Waals surface area contributed by atoms with E-state index < -0.39 is 10.0 Å². The molecule has 5 nitrogen and oxygen atoms in total. The van der Waals surface area contributed by atoms with Gasteiger partial charge in [0.1, 0.15) is 4.90 Å². The number of hydrogen-bond donors (Lipinski definition) is 1. The average molecular weight is 299 g/mol. The molecule has 0 unspecified atom stereocenters. The summed E-state index contributed by atoms with van der Waals surface area (Å²) in [6.45, 7) is 4.70. The van der Waals surface area contributed by atoms with Gasteiger partial charge in [-0.25, -0.2) is 12.7 Å². The van der Waals surface area contributed by atoms with Crippen LogP contribution in [0.15, 0.2) is 29.2 Å². The van der Waals surface area contributed by atoms with Gasteiger partial charge in [-0.15, -0.1) is 0 Å². The Kier molecular flexibility index (Phi) is 6.45. The lowest BCUT2D eigenvalue weighted by Gasteiger charge is -2.23. The Morgan fingerprint density at radius 2 is 1.75 bits per heavy atom. The molecule has 1 rings (SSSR count). The van der Waals surface area contributed by atoms with Gasteiger partial charge in [0.25, 0.3) is 0 Å². The number of nitrogens with zero attached hydrogens (tertiary/aromatic N) is 2. The molecule has 6 heteroatoms. The van der Waals surface area contributed by atoms with Crippen LogP contribution in [0.5, 0.6) is 0 Å². The van der Waals surface area contributed by atoms with Crippen molar-refractivity contribution in [3.63, 3.8) is 0 Å². The third-order valence-corrected chi connectivity index (χ3v) is 4.95. The highest BCUT2D eigenvalue weighted by Crippen LogP contribution is 2.25. The number of para-hydroxylation sites is 1. The SMILES string of the molecule is CCCNCCN(C)c1ccccc1S(=O)(=O)N(C)C. The van der Waals surface area contributed by atoms with Gasteiger partial charge < -0.3 is 10.2 Å². The number of sulfonamides is 1. The zero-order valence-corrected chi connectivity index (χ0v) is 13.6. The van der Waals surface area contributed by atoms with E-state index in [9.17, 15) is 8.42 Å². The van der Waals surface area contributed by atoms with Crippen LogP contribution in [0.1, 0.15) is 13.3 Å². The molecule has 0 bridgehead atoms. The van der Waals surface area contributed by atoms with Gasteiger partial charge in [0.05, 0.1) is 5.69 Å². The molecule has 0 spiro atoms. The van der Waals surface area contributed by atoms with Crippen molar-refractivity contribution < 1.29 is 8.42 Å². The molecule has 20 heavy (non-hydrogen) atoms. The molecule has 114 valence electrons. The third-order valence-electron chi connectivity index (χ3n) is 3.09. The number of nitrogens with one attached hydrogen (secondary N) is 1. The van der Waals surface area contributed by atoms with Crippen LogP contribution in [0.3, 0.4) is 0 Å². The first kappa shape index (κ1) is 16.9. The third kappa shape index (κ3) is 4.19. The van der Waals surface area contributed by atoms with E-state index in [1.54, 1.807) is 26.2 Å². The maximum Gasteiger partial charge on any atom is 0.244 e. The van der Waals surface area contributed by atoms with E-state index >= 15 is 0 Å². The van der Waals surface area contributed by atoms with E-state index in [-0.39, 0.29) is 0 Å². The van der Waals surface area contributed by atoms with Gasteiger partial charge >= 0.3 is 0 Å². The quantitative estimate of drug-likeness (QED) is 0.737. The second-order valence-corrected chi connectivity index (χ2v) is 7.05. The monoisotopic (exact) mass is 299 g/mol. The highest BCUT2D eigenvalue weighted by molar-refractivity contribution is 7.89. The van der Waals surface area contributed by atoms with Crippen LogP contribution in [-0.2, 0) is 10.0 Å². The van der Waals surface area contributed by atoms with Gasteiger partial charge in [-0.1, -0.05) is 19.1 Å². The normalized spacial score (nSPS) is 11.8. The standard InChI is InChI=1S/C14H25N3O2S/c1-5-10-15-11-12-17(4)13-8-6-7-9-14(13)20(18,19)16(2)3/h6-9,15H,5,10-12H2,1-4H3. The zero-order valence-electron chi connectivity index (χ0n) is 12.8. The average Bonchev–Trinajstić information content (AvgIpc) is 2.43. The van der Waals surface area contributed by atoms with Crippen molar-refractivity contribution in [3.8, 4) is 0 Å². The molecule has 0 aliphatic carbocycles. The lowest BCUT2D eigenvalue weighted by Crippen LogP contribution is -2.31. The summed E-state index contributed by atoms with van der Waals surface area (Å²) in [7, 11) is 1.60. The molecule has 0 saturated heterocycles. The van der Waals surface area contributed by atoms with Crippen LogP contribution >= 0.6 is 0 Å². The molecule has 0 aromatic heterocycles. The largest absolute Gasteiger partial charge is 0.372 e. The van der Waals surface area contributed by atoms with Crippen LogP contribution in [0.4, 0.5) is 5.69 Å². The number of hydrogen-bond acceptors (Lipinski definition) is 4. The molecule has 0 amide bonds. The number of anilines is 1. The Balaban J connectivity index is 2.91. The summed E-state index contributed by atoms with van der Waals surface area (Å²) in [4.78, 5) is 2.32. The molecular weight excluding hydrogens is 274 g/mol. The van der Waals surface area contributed by atoms with Gasteiger partial charge in [-0.05, 0) is 25.1 Å². The van der Waals surface area contributed by atoms with E-state index in [1.807, 2.05) is 24.1 Å². The van der Waals surface area contributed by atoms with Crippen molar-refractivity contribution in [3.05, 3.63) is 24.3 Å². The Hall–Kier alpha value is -1.11. The van der Waals surface area contributed by atoms with E-state index in [2.05, 4.69) is 12.2 Å². The molecular formula is C14H25N3O2S. The van der Waals surface area contributed by atoms with Crippen molar-refractivity contribution >= 4 is 15.7 Å². The fourth-order valence-corrected chi connectivity index (χ4v) is 2.99. The topological polar surface area (TPSA) is 52.7 Å². The smallest absolute Gasteiger partial charge is 0.244 e. The molecule has 1 N–H and O–H groups in total. The van der Waals surface area contributed by atoms with E-state index in [0.717, 1.165) is 31.7 Å². The summed E-state index contributed by atoms with van der Waals surface area (Å²) in [6.07, 6.45) is 1.09. The van der Waals surface area contributed by atoms with E-state index in [0.29, 0.717) is 4.90 Å². The number of benzene rings is 1. The Bertz CT molecular complexity index is 515. The molecule has 0 aliphatic heterocycles. The van der Waals surface area contributed by atoms with Gasteiger partial charge in [0.15, 0.2) is 0 Å². The fraction of sp³-hybridized carbons (Fsp3) is 0.571. The summed E-state index contributed by atoms with van der Waals surface area (Å²) < 4.78 is 25.9. The Labute approximate surface area is 122 Å². The summed E-state index contributed by atoms with van der Waals surface area (Å²) in [5.41, 5.74) is 0.736. The maximum atomic E-state index is 12.3. The number of likely N-dealkylation sites (N-methyl/N-ethyl adjacent to an activating group) is 1. The van der Waals surface area contributed by atoms with Crippen LogP contribution in [0, 0.1) is 0 Å². The van der Waals surface area contributed by atoms with Gasteiger partial charge in [-0.2, -0.15) is 0 Å². The van der Waals surface area contributed by atoms with E-state index in [4.69, 9.17) is 0 Å². The lowest BCUT2D eigenvalue weighted by atomic mass is 10.3. The van der Waals surface area contributed by atoms with Crippen LogP contribution in [0.25, 0.3) is 0 Å². The van der Waals surface area contributed by atoms with Gasteiger partial charge in [-0.3, -0.25) is 0 Å². The van der Waals surface area contributed by atoms with Crippen molar-refractivity contribution in [1.29, 1.82) is 0 Å². The van der Waals surface area contributed by atoms with E-state index in [1.165, 1.54) is 4.31 Å². The predicted octanol–water partition coefficient (Wildman–Crippen LogP) is 1.37. The molecule has 1 aromatic carbocycles. The molecule has 0 saturated carbocycles. The van der Waals surface area contributed by atoms with Crippen molar-refractivity contribution in [1.82, 2.24) is 9.62 Å². The minimum atomic E-state index is -3.42. The number of rotatable bonds is 8. The van der Waals surface area contributed by atoms with Crippen molar-refractivity contribution in [2.24, 2.45) is 0 Å². The predicted molar refractivity (Wildman–Crippen MR) is 83.7 cm³/mol. The van der Waals surface area contributed by atoms with Crippen LogP contribution < -0.4 is 10.2 Å². The molecule has 0 radical (unpaired) electrons. The summed E-state index contributed by atoms with van der Waals surface area (Å²) in [6, 6.07) is 7.11.